The topological polar surface area (TPSA) is 84.6 Å². The minimum Gasteiger partial charge on any atom is -0.508 e. The number of halogens is 1. The summed E-state index contributed by atoms with van der Waals surface area (Å²) >= 11 is 6.16. The SMILES string of the molecule is O=C(NCc1cc(-c2ccccc2Cl)on1)c1cc(O)cc(OCC2CC2)c1. The molecule has 4 rings (SSSR count). The molecule has 1 heterocycles. The van der Waals surface area contributed by atoms with Crippen LogP contribution in [-0.4, -0.2) is 22.8 Å². The molecule has 28 heavy (non-hydrogen) atoms. The molecule has 0 atom stereocenters. The lowest BCUT2D eigenvalue weighted by molar-refractivity contribution is 0.0949. The van der Waals surface area contributed by atoms with Crippen molar-refractivity contribution in [2.75, 3.05) is 6.61 Å². The zero-order valence-corrected chi connectivity index (χ0v) is 15.8. The van der Waals surface area contributed by atoms with Crippen LogP contribution in [0.15, 0.2) is 53.1 Å². The summed E-state index contributed by atoms with van der Waals surface area (Å²) in [5, 5.41) is 17.2. The molecule has 1 saturated carbocycles. The third-order valence-electron chi connectivity index (χ3n) is 4.46. The Bertz CT molecular complexity index is 998. The predicted molar refractivity (Wildman–Crippen MR) is 104 cm³/mol. The second-order valence-corrected chi connectivity index (χ2v) is 7.22. The Morgan fingerprint density at radius 1 is 1.25 bits per heavy atom. The lowest BCUT2D eigenvalue weighted by atomic mass is 10.1. The van der Waals surface area contributed by atoms with Gasteiger partial charge in [-0.05, 0) is 43.0 Å². The van der Waals surface area contributed by atoms with Crippen molar-refractivity contribution in [1.82, 2.24) is 10.5 Å². The molecule has 1 aliphatic rings. The van der Waals surface area contributed by atoms with E-state index in [1.165, 1.54) is 25.0 Å². The van der Waals surface area contributed by atoms with E-state index in [0.717, 1.165) is 5.56 Å². The minimum atomic E-state index is -0.338. The highest BCUT2D eigenvalue weighted by atomic mass is 35.5. The van der Waals surface area contributed by atoms with Gasteiger partial charge < -0.3 is 19.7 Å². The maximum Gasteiger partial charge on any atom is 0.251 e. The number of nitrogens with zero attached hydrogens (tertiary/aromatic N) is 1. The second-order valence-electron chi connectivity index (χ2n) is 6.81. The normalized spacial score (nSPS) is 13.3. The summed E-state index contributed by atoms with van der Waals surface area (Å²) in [6.45, 7) is 0.787. The van der Waals surface area contributed by atoms with E-state index < -0.39 is 0 Å². The number of rotatable bonds is 7. The smallest absolute Gasteiger partial charge is 0.251 e. The molecule has 3 aromatic rings. The minimum absolute atomic E-state index is 0.0131. The van der Waals surface area contributed by atoms with Gasteiger partial charge in [0.15, 0.2) is 5.76 Å². The number of aromatic nitrogens is 1. The van der Waals surface area contributed by atoms with Gasteiger partial charge in [0, 0.05) is 23.3 Å². The third kappa shape index (κ3) is 4.46. The Balaban J connectivity index is 1.40. The maximum absolute atomic E-state index is 12.4. The van der Waals surface area contributed by atoms with E-state index >= 15 is 0 Å². The zero-order valence-electron chi connectivity index (χ0n) is 15.0. The first-order chi connectivity index (χ1) is 13.6. The van der Waals surface area contributed by atoms with Crippen molar-refractivity contribution >= 4 is 17.5 Å². The van der Waals surface area contributed by atoms with E-state index in [9.17, 15) is 9.90 Å². The van der Waals surface area contributed by atoms with Crippen molar-refractivity contribution in [2.45, 2.75) is 19.4 Å². The van der Waals surface area contributed by atoms with Crippen LogP contribution in [0, 0.1) is 5.92 Å². The van der Waals surface area contributed by atoms with Crippen molar-refractivity contribution in [1.29, 1.82) is 0 Å². The summed E-state index contributed by atoms with van der Waals surface area (Å²) in [7, 11) is 0. The van der Waals surface area contributed by atoms with Crippen molar-refractivity contribution < 1.29 is 19.2 Å². The van der Waals surface area contributed by atoms with Crippen molar-refractivity contribution in [2.24, 2.45) is 5.92 Å². The third-order valence-corrected chi connectivity index (χ3v) is 4.79. The highest BCUT2D eigenvalue weighted by Gasteiger charge is 2.22. The predicted octanol–water partition coefficient (Wildman–Crippen LogP) is 4.42. The van der Waals surface area contributed by atoms with Gasteiger partial charge in [-0.1, -0.05) is 28.9 Å². The van der Waals surface area contributed by atoms with Gasteiger partial charge in [-0.15, -0.1) is 0 Å². The van der Waals surface area contributed by atoms with Crippen LogP contribution in [0.25, 0.3) is 11.3 Å². The Morgan fingerprint density at radius 3 is 2.86 bits per heavy atom. The van der Waals surface area contributed by atoms with Crippen LogP contribution in [0.3, 0.4) is 0 Å². The van der Waals surface area contributed by atoms with E-state index in [0.29, 0.717) is 40.3 Å². The molecule has 144 valence electrons. The van der Waals surface area contributed by atoms with E-state index in [2.05, 4.69) is 10.5 Å². The van der Waals surface area contributed by atoms with Gasteiger partial charge in [-0.2, -0.15) is 0 Å². The molecule has 0 saturated heterocycles. The largest absolute Gasteiger partial charge is 0.508 e. The summed E-state index contributed by atoms with van der Waals surface area (Å²) in [6.07, 6.45) is 2.33. The van der Waals surface area contributed by atoms with Gasteiger partial charge in [-0.25, -0.2) is 0 Å². The van der Waals surface area contributed by atoms with E-state index in [1.54, 1.807) is 18.2 Å². The van der Waals surface area contributed by atoms with Gasteiger partial charge >= 0.3 is 0 Å². The zero-order chi connectivity index (χ0) is 19.5. The fourth-order valence-electron chi connectivity index (χ4n) is 2.75. The quantitative estimate of drug-likeness (QED) is 0.615. The van der Waals surface area contributed by atoms with Crippen LogP contribution in [0.4, 0.5) is 0 Å². The van der Waals surface area contributed by atoms with E-state index in [1.807, 2.05) is 18.2 Å². The number of carbonyl (C=O) groups excluding carboxylic acids is 1. The molecule has 0 radical (unpaired) electrons. The van der Waals surface area contributed by atoms with Gasteiger partial charge in [0.05, 0.1) is 18.2 Å². The molecular weight excluding hydrogens is 380 g/mol. The summed E-state index contributed by atoms with van der Waals surface area (Å²) < 4.78 is 11.0. The molecule has 1 fully saturated rings. The van der Waals surface area contributed by atoms with Crippen LogP contribution in [-0.2, 0) is 6.54 Å². The number of hydrogen-bond donors (Lipinski definition) is 2. The molecule has 1 amide bonds. The molecule has 0 bridgehead atoms. The van der Waals surface area contributed by atoms with Crippen LogP contribution in [0.2, 0.25) is 5.02 Å². The van der Waals surface area contributed by atoms with Gasteiger partial charge in [-0.3, -0.25) is 4.79 Å². The maximum atomic E-state index is 12.4. The number of phenols is 1. The molecule has 1 aromatic heterocycles. The Labute approximate surface area is 167 Å². The number of ether oxygens (including phenoxy) is 1. The first kappa shape index (κ1) is 18.4. The number of hydrogen-bond acceptors (Lipinski definition) is 5. The standard InChI is InChI=1S/C21H19ClN2O4/c22-19-4-2-1-3-18(19)20-9-15(24-28-20)11-23-21(26)14-7-16(25)10-17(8-14)27-12-13-5-6-13/h1-4,7-10,13,25H,5-6,11-12H2,(H,23,26). The number of benzene rings is 2. The lowest BCUT2D eigenvalue weighted by Gasteiger charge is -2.09. The first-order valence-electron chi connectivity index (χ1n) is 9.04. The van der Waals surface area contributed by atoms with Crippen LogP contribution in [0.5, 0.6) is 11.5 Å². The molecule has 2 N–H and O–H groups in total. The van der Waals surface area contributed by atoms with Crippen molar-refractivity contribution in [3.05, 3.63) is 64.8 Å². The Morgan fingerprint density at radius 2 is 2.07 bits per heavy atom. The summed E-state index contributed by atoms with van der Waals surface area (Å²) in [6, 6.07) is 13.6. The summed E-state index contributed by atoms with van der Waals surface area (Å²) in [5.41, 5.74) is 1.62. The van der Waals surface area contributed by atoms with Crippen molar-refractivity contribution in [3.63, 3.8) is 0 Å². The molecule has 2 aromatic carbocycles. The molecule has 0 spiro atoms. The molecule has 1 aliphatic carbocycles. The molecular formula is C21H19ClN2O4. The molecule has 0 aliphatic heterocycles. The number of aromatic hydroxyl groups is 1. The van der Waals surface area contributed by atoms with Gasteiger partial charge in [0.2, 0.25) is 0 Å². The summed E-state index contributed by atoms with van der Waals surface area (Å²) in [5.74, 6) is 1.25. The van der Waals surface area contributed by atoms with Crippen LogP contribution < -0.4 is 10.1 Å². The monoisotopic (exact) mass is 398 g/mol. The highest BCUT2D eigenvalue weighted by Crippen LogP contribution is 2.31. The Hall–Kier alpha value is -2.99. The second kappa shape index (κ2) is 7.94. The molecule has 7 heteroatoms. The number of nitrogens with one attached hydrogen (secondary N) is 1. The fraction of sp³-hybridized carbons (Fsp3) is 0.238. The van der Waals surface area contributed by atoms with Gasteiger partial charge in [0.1, 0.15) is 17.2 Å². The fourth-order valence-corrected chi connectivity index (χ4v) is 2.98. The van der Waals surface area contributed by atoms with Crippen molar-refractivity contribution in [3.8, 4) is 22.8 Å². The average molecular weight is 399 g/mol. The summed E-state index contributed by atoms with van der Waals surface area (Å²) in [4.78, 5) is 12.4. The first-order valence-corrected chi connectivity index (χ1v) is 9.42. The lowest BCUT2D eigenvalue weighted by Crippen LogP contribution is -2.23. The average Bonchev–Trinajstić information content (AvgIpc) is 3.40. The van der Waals surface area contributed by atoms with E-state index in [4.69, 9.17) is 20.9 Å². The number of amides is 1. The van der Waals surface area contributed by atoms with Crippen LogP contribution in [0.1, 0.15) is 28.9 Å². The molecule has 0 unspecified atom stereocenters. The van der Waals surface area contributed by atoms with E-state index in [-0.39, 0.29) is 18.2 Å². The van der Waals surface area contributed by atoms with Gasteiger partial charge in [0.25, 0.3) is 5.91 Å². The Kier molecular flexibility index (Phi) is 5.21. The highest BCUT2D eigenvalue weighted by molar-refractivity contribution is 6.33. The van der Waals surface area contributed by atoms with Crippen LogP contribution >= 0.6 is 11.6 Å². The number of phenolic OH excluding ortho intramolecular Hbond substituents is 1. The number of carbonyl (C=O) groups is 1. The molecule has 6 nitrogen and oxygen atoms in total.